The molecule has 19 heavy (non-hydrogen) atoms. The van der Waals surface area contributed by atoms with Crippen LogP contribution in [0.1, 0.15) is 30.1 Å². The molecule has 0 radical (unpaired) electrons. The highest BCUT2D eigenvalue weighted by Crippen LogP contribution is 2.31. The Labute approximate surface area is 135 Å². The largest absolute Gasteiger partial charge is 0.339 e. The summed E-state index contributed by atoms with van der Waals surface area (Å²) in [5.41, 5.74) is 0.423. The minimum atomic E-state index is -0.279. The van der Waals surface area contributed by atoms with Gasteiger partial charge in [0.25, 0.3) is 5.91 Å². The summed E-state index contributed by atoms with van der Waals surface area (Å²) >= 11 is 5.63. The summed E-state index contributed by atoms with van der Waals surface area (Å²) in [6.07, 6.45) is 1.49. The average Bonchev–Trinajstić information content (AvgIpc) is 2.42. The van der Waals surface area contributed by atoms with Gasteiger partial charge in [-0.15, -0.1) is 0 Å². The van der Waals surface area contributed by atoms with Crippen LogP contribution in [0, 0.1) is 20.3 Å². The second-order valence-corrected chi connectivity index (χ2v) is 7.19. The first-order valence-electron chi connectivity index (χ1n) is 6.11. The van der Waals surface area contributed by atoms with Crippen LogP contribution in [0.25, 0.3) is 0 Å². The van der Waals surface area contributed by atoms with E-state index in [1.807, 2.05) is 30.0 Å². The zero-order valence-corrected chi connectivity index (χ0v) is 14.4. The van der Waals surface area contributed by atoms with E-state index in [0.717, 1.165) is 20.9 Å². The molecule has 100 valence electrons. The number of rotatable bonds is 1. The van der Waals surface area contributed by atoms with Crippen LogP contribution in [-0.4, -0.2) is 23.9 Å². The van der Waals surface area contributed by atoms with E-state index in [9.17, 15) is 4.79 Å². The lowest BCUT2D eigenvalue weighted by atomic mass is 9.82. The number of amides is 1. The molecular formula is C14H14BrIN2O. The third-order valence-electron chi connectivity index (χ3n) is 3.58. The Morgan fingerprint density at radius 2 is 2.11 bits per heavy atom. The van der Waals surface area contributed by atoms with Crippen LogP contribution in [0.4, 0.5) is 0 Å². The van der Waals surface area contributed by atoms with Gasteiger partial charge in [0.1, 0.15) is 0 Å². The molecule has 0 bridgehead atoms. The van der Waals surface area contributed by atoms with E-state index in [1.54, 1.807) is 0 Å². The minimum absolute atomic E-state index is 0.0466. The Morgan fingerprint density at radius 1 is 1.47 bits per heavy atom. The van der Waals surface area contributed by atoms with Crippen LogP contribution in [0.15, 0.2) is 22.7 Å². The summed E-state index contributed by atoms with van der Waals surface area (Å²) < 4.78 is 1.87. The summed E-state index contributed by atoms with van der Waals surface area (Å²) in [6, 6.07) is 8.11. The van der Waals surface area contributed by atoms with Gasteiger partial charge in [0.15, 0.2) is 0 Å². The van der Waals surface area contributed by atoms with E-state index in [4.69, 9.17) is 5.26 Å². The van der Waals surface area contributed by atoms with Crippen molar-refractivity contribution in [3.8, 4) is 6.07 Å². The van der Waals surface area contributed by atoms with Crippen LogP contribution in [0.2, 0.25) is 0 Å². The molecule has 0 unspecified atom stereocenters. The zero-order chi connectivity index (χ0) is 14.0. The second kappa shape index (κ2) is 5.80. The van der Waals surface area contributed by atoms with E-state index in [0.29, 0.717) is 18.7 Å². The van der Waals surface area contributed by atoms with Crippen molar-refractivity contribution in [2.75, 3.05) is 13.1 Å². The van der Waals surface area contributed by atoms with Gasteiger partial charge in [-0.05, 0) is 76.5 Å². The standard InChI is InChI=1S/C14H14BrIN2O/c1-14(9-17)4-6-18(7-5-14)13(19)11-8-10(16)2-3-12(11)15/h2-3,8H,4-7H2,1H3. The number of nitrogens with zero attached hydrogens (tertiary/aromatic N) is 2. The first-order valence-corrected chi connectivity index (χ1v) is 7.98. The summed E-state index contributed by atoms with van der Waals surface area (Å²) in [5, 5.41) is 9.11. The molecule has 2 rings (SSSR count). The van der Waals surface area contributed by atoms with Crippen molar-refractivity contribution in [3.63, 3.8) is 0 Å². The van der Waals surface area contributed by atoms with Crippen LogP contribution in [0.5, 0.6) is 0 Å². The van der Waals surface area contributed by atoms with E-state index in [-0.39, 0.29) is 11.3 Å². The maximum atomic E-state index is 12.5. The van der Waals surface area contributed by atoms with Gasteiger partial charge in [-0.1, -0.05) is 0 Å². The Kier molecular flexibility index (Phi) is 4.51. The smallest absolute Gasteiger partial charge is 0.255 e. The Morgan fingerprint density at radius 3 is 2.68 bits per heavy atom. The van der Waals surface area contributed by atoms with E-state index >= 15 is 0 Å². The highest BCUT2D eigenvalue weighted by atomic mass is 127. The molecule has 0 N–H and O–H groups in total. The lowest BCUT2D eigenvalue weighted by Gasteiger charge is -2.35. The van der Waals surface area contributed by atoms with Gasteiger partial charge in [0.05, 0.1) is 17.0 Å². The molecule has 1 aromatic rings. The summed E-state index contributed by atoms with van der Waals surface area (Å²) in [4.78, 5) is 14.3. The predicted molar refractivity (Wildman–Crippen MR) is 85.7 cm³/mol. The molecule has 0 spiro atoms. The summed E-state index contributed by atoms with van der Waals surface area (Å²) in [5.74, 6) is 0.0466. The van der Waals surface area contributed by atoms with Crippen LogP contribution >= 0.6 is 38.5 Å². The minimum Gasteiger partial charge on any atom is -0.339 e. The molecule has 1 aromatic carbocycles. The second-order valence-electron chi connectivity index (χ2n) is 5.09. The van der Waals surface area contributed by atoms with Crippen molar-refractivity contribution in [3.05, 3.63) is 31.8 Å². The molecule has 1 saturated heterocycles. The molecule has 1 heterocycles. The molecule has 0 aromatic heterocycles. The van der Waals surface area contributed by atoms with Gasteiger partial charge < -0.3 is 4.90 Å². The Balaban J connectivity index is 2.14. The van der Waals surface area contributed by atoms with E-state index in [2.05, 4.69) is 44.6 Å². The van der Waals surface area contributed by atoms with Crippen molar-refractivity contribution < 1.29 is 4.79 Å². The molecule has 5 heteroatoms. The normalized spacial score (nSPS) is 17.9. The lowest BCUT2D eigenvalue weighted by molar-refractivity contribution is 0.0660. The topological polar surface area (TPSA) is 44.1 Å². The van der Waals surface area contributed by atoms with Gasteiger partial charge in [0.2, 0.25) is 0 Å². The van der Waals surface area contributed by atoms with Crippen LogP contribution in [-0.2, 0) is 0 Å². The first kappa shape index (κ1) is 14.8. The van der Waals surface area contributed by atoms with Gasteiger partial charge in [-0.25, -0.2) is 0 Å². The SMILES string of the molecule is CC1(C#N)CCN(C(=O)c2cc(I)ccc2Br)CC1. The van der Waals surface area contributed by atoms with Crippen molar-refractivity contribution in [1.29, 1.82) is 5.26 Å². The molecule has 0 atom stereocenters. The molecule has 1 fully saturated rings. The van der Waals surface area contributed by atoms with E-state index in [1.165, 1.54) is 0 Å². The van der Waals surface area contributed by atoms with Crippen molar-refractivity contribution in [2.45, 2.75) is 19.8 Å². The fourth-order valence-corrected chi connectivity index (χ4v) is 3.05. The third-order valence-corrected chi connectivity index (χ3v) is 4.95. The number of hydrogen-bond donors (Lipinski definition) is 0. The van der Waals surface area contributed by atoms with Crippen molar-refractivity contribution in [2.24, 2.45) is 5.41 Å². The highest BCUT2D eigenvalue weighted by molar-refractivity contribution is 14.1. The first-order chi connectivity index (χ1) is 8.95. The van der Waals surface area contributed by atoms with Gasteiger partial charge in [0, 0.05) is 21.1 Å². The van der Waals surface area contributed by atoms with Crippen LogP contribution in [0.3, 0.4) is 0 Å². The molecule has 1 aliphatic heterocycles. The maximum Gasteiger partial charge on any atom is 0.255 e. The highest BCUT2D eigenvalue weighted by Gasteiger charge is 2.32. The quantitative estimate of drug-likeness (QED) is 0.633. The number of likely N-dealkylation sites (tertiary alicyclic amines) is 1. The van der Waals surface area contributed by atoms with Crippen molar-refractivity contribution in [1.82, 2.24) is 4.90 Å². The van der Waals surface area contributed by atoms with E-state index < -0.39 is 0 Å². The number of piperidine rings is 1. The fourth-order valence-electron chi connectivity index (χ4n) is 2.15. The number of benzene rings is 1. The molecule has 0 saturated carbocycles. The predicted octanol–water partition coefficient (Wildman–Crippen LogP) is 3.82. The third kappa shape index (κ3) is 3.29. The van der Waals surface area contributed by atoms with Gasteiger partial charge in [-0.2, -0.15) is 5.26 Å². The fraction of sp³-hybridized carbons (Fsp3) is 0.429. The number of carbonyl (C=O) groups excluding carboxylic acids is 1. The molecule has 3 nitrogen and oxygen atoms in total. The zero-order valence-electron chi connectivity index (χ0n) is 10.6. The molecular weight excluding hydrogens is 419 g/mol. The number of hydrogen-bond acceptors (Lipinski definition) is 2. The number of carbonyl (C=O) groups is 1. The maximum absolute atomic E-state index is 12.5. The molecule has 1 amide bonds. The van der Waals surface area contributed by atoms with Crippen LogP contribution < -0.4 is 0 Å². The monoisotopic (exact) mass is 432 g/mol. The molecule has 1 aliphatic rings. The lowest BCUT2D eigenvalue weighted by Crippen LogP contribution is -2.41. The number of halogens is 2. The molecule has 0 aliphatic carbocycles. The average molecular weight is 433 g/mol. The Bertz CT molecular complexity index is 545. The summed E-state index contributed by atoms with van der Waals surface area (Å²) in [6.45, 7) is 3.28. The Hall–Kier alpha value is -0.610. The van der Waals surface area contributed by atoms with Gasteiger partial charge >= 0.3 is 0 Å². The van der Waals surface area contributed by atoms with Crippen molar-refractivity contribution >= 4 is 44.4 Å². The van der Waals surface area contributed by atoms with Gasteiger partial charge in [-0.3, -0.25) is 4.79 Å². The number of nitriles is 1. The summed E-state index contributed by atoms with van der Waals surface area (Å²) in [7, 11) is 0.